The molecule has 0 bridgehead atoms. The Balaban J connectivity index is 2.19. The zero-order valence-electron chi connectivity index (χ0n) is 15.2. The second-order valence-corrected chi connectivity index (χ2v) is 8.41. The van der Waals surface area contributed by atoms with E-state index in [4.69, 9.17) is 4.74 Å². The summed E-state index contributed by atoms with van der Waals surface area (Å²) in [6.07, 6.45) is 3.28. The lowest BCUT2D eigenvalue weighted by Crippen LogP contribution is -2.30. The molecule has 0 unspecified atom stereocenters. The van der Waals surface area contributed by atoms with Gasteiger partial charge in [-0.05, 0) is 18.6 Å². The summed E-state index contributed by atoms with van der Waals surface area (Å²) in [5, 5.41) is 8.49. The van der Waals surface area contributed by atoms with Gasteiger partial charge in [0.05, 0.1) is 17.3 Å². The van der Waals surface area contributed by atoms with Crippen LogP contribution in [0, 0.1) is 0 Å². The Labute approximate surface area is 158 Å². The van der Waals surface area contributed by atoms with Crippen LogP contribution >= 0.6 is 11.8 Å². The molecule has 2 aromatic heterocycles. The molecule has 0 radical (unpaired) electrons. The summed E-state index contributed by atoms with van der Waals surface area (Å²) in [5.74, 6) is -0.232. The first kappa shape index (κ1) is 20.7. The zero-order valence-corrected chi connectivity index (χ0v) is 16.8. The second kappa shape index (κ2) is 9.33. The van der Waals surface area contributed by atoms with Crippen LogP contribution in [0.1, 0.15) is 33.6 Å². The molecular formula is C16H24N4O4S2. The van der Waals surface area contributed by atoms with E-state index >= 15 is 0 Å². The van der Waals surface area contributed by atoms with Crippen LogP contribution in [0.2, 0.25) is 0 Å². The Kier molecular flexibility index (Phi) is 7.42. The summed E-state index contributed by atoms with van der Waals surface area (Å²) in [6.45, 7) is 6.81. The Bertz CT molecular complexity index is 847. The number of hydrogen-bond acceptors (Lipinski definition) is 7. The molecule has 10 heteroatoms. The fraction of sp³-hybridized carbons (Fsp3) is 0.562. The van der Waals surface area contributed by atoms with Crippen molar-refractivity contribution in [3.05, 3.63) is 18.3 Å². The Morgan fingerprint density at radius 1 is 1.23 bits per heavy atom. The maximum atomic E-state index is 12.7. The van der Waals surface area contributed by atoms with Crippen molar-refractivity contribution < 1.29 is 17.9 Å². The van der Waals surface area contributed by atoms with Crippen molar-refractivity contribution in [2.75, 3.05) is 25.4 Å². The van der Waals surface area contributed by atoms with E-state index in [1.165, 1.54) is 28.3 Å². The first-order valence-corrected chi connectivity index (χ1v) is 11.0. The Morgan fingerprint density at radius 3 is 2.62 bits per heavy atom. The highest BCUT2D eigenvalue weighted by Crippen LogP contribution is 2.21. The number of thioether (sulfide) groups is 1. The van der Waals surface area contributed by atoms with Crippen molar-refractivity contribution in [2.45, 2.75) is 43.7 Å². The minimum Gasteiger partial charge on any atom is -0.465 e. The first-order valence-electron chi connectivity index (χ1n) is 8.57. The van der Waals surface area contributed by atoms with Gasteiger partial charge in [0.15, 0.2) is 10.8 Å². The molecule has 0 aliphatic carbocycles. The quantitative estimate of drug-likeness (QED) is 0.343. The van der Waals surface area contributed by atoms with Crippen LogP contribution in [0.3, 0.4) is 0 Å². The summed E-state index contributed by atoms with van der Waals surface area (Å²) in [6, 6.07) is 3.12. The number of carbonyl (C=O) groups is 1. The number of fused-ring (bicyclic) bond motifs is 1. The van der Waals surface area contributed by atoms with Gasteiger partial charge in [-0.2, -0.15) is 4.31 Å². The molecule has 0 amide bonds. The molecule has 0 fully saturated rings. The summed E-state index contributed by atoms with van der Waals surface area (Å²) in [7, 11) is -3.58. The lowest BCUT2D eigenvalue weighted by Gasteiger charge is -2.18. The summed E-state index contributed by atoms with van der Waals surface area (Å²) in [5.41, 5.74) is 0.519. The SMILES string of the molecule is CCCCOC(=O)CSc1nnc2ccc(S(=O)(=O)N(CC)CC)cn12. The highest BCUT2D eigenvalue weighted by atomic mass is 32.2. The average Bonchev–Trinajstić information content (AvgIpc) is 3.03. The largest absolute Gasteiger partial charge is 0.465 e. The van der Waals surface area contributed by atoms with E-state index in [2.05, 4.69) is 10.2 Å². The fourth-order valence-corrected chi connectivity index (χ4v) is 4.48. The highest BCUT2D eigenvalue weighted by Gasteiger charge is 2.23. The number of carbonyl (C=O) groups excluding carboxylic acids is 1. The van der Waals surface area contributed by atoms with E-state index in [-0.39, 0.29) is 16.6 Å². The predicted octanol–water partition coefficient (Wildman–Crippen LogP) is 2.20. The number of hydrogen-bond donors (Lipinski definition) is 0. The molecule has 2 aromatic rings. The van der Waals surface area contributed by atoms with Crippen LogP contribution in [0.25, 0.3) is 5.65 Å². The van der Waals surface area contributed by atoms with Crippen molar-refractivity contribution in [2.24, 2.45) is 0 Å². The molecule has 0 aromatic carbocycles. The van der Waals surface area contributed by atoms with Crippen molar-refractivity contribution in [3.8, 4) is 0 Å². The van der Waals surface area contributed by atoms with E-state index in [0.717, 1.165) is 12.8 Å². The molecule has 26 heavy (non-hydrogen) atoms. The number of ether oxygens (including phenoxy) is 1. The number of aromatic nitrogens is 3. The van der Waals surface area contributed by atoms with Gasteiger partial charge in [0, 0.05) is 19.3 Å². The van der Waals surface area contributed by atoms with Crippen molar-refractivity contribution in [1.29, 1.82) is 0 Å². The van der Waals surface area contributed by atoms with E-state index in [9.17, 15) is 13.2 Å². The molecule has 0 aliphatic heterocycles. The van der Waals surface area contributed by atoms with Crippen LogP contribution in [0.4, 0.5) is 0 Å². The molecule has 0 saturated carbocycles. The van der Waals surface area contributed by atoms with Gasteiger partial charge in [0.1, 0.15) is 0 Å². The maximum absolute atomic E-state index is 12.7. The molecule has 0 atom stereocenters. The van der Waals surface area contributed by atoms with Crippen LogP contribution in [-0.4, -0.2) is 58.7 Å². The lowest BCUT2D eigenvalue weighted by molar-refractivity contribution is -0.140. The maximum Gasteiger partial charge on any atom is 0.316 e. The third-order valence-electron chi connectivity index (χ3n) is 3.77. The first-order chi connectivity index (χ1) is 12.4. The Hall–Kier alpha value is -1.65. The number of pyridine rings is 1. The third kappa shape index (κ3) is 4.74. The van der Waals surface area contributed by atoms with Gasteiger partial charge in [0.2, 0.25) is 10.0 Å². The zero-order chi connectivity index (χ0) is 19.2. The Morgan fingerprint density at radius 2 is 1.96 bits per heavy atom. The van der Waals surface area contributed by atoms with Gasteiger partial charge in [-0.1, -0.05) is 39.0 Å². The number of rotatable bonds is 10. The number of esters is 1. The van der Waals surface area contributed by atoms with Crippen molar-refractivity contribution in [1.82, 2.24) is 18.9 Å². The predicted molar refractivity (Wildman–Crippen MR) is 99.7 cm³/mol. The molecule has 0 aliphatic rings. The van der Waals surface area contributed by atoms with Crippen LogP contribution in [-0.2, 0) is 19.6 Å². The van der Waals surface area contributed by atoms with Gasteiger partial charge < -0.3 is 4.74 Å². The van der Waals surface area contributed by atoms with Gasteiger partial charge in [-0.15, -0.1) is 10.2 Å². The summed E-state index contributed by atoms with van der Waals surface area (Å²) < 4.78 is 33.4. The molecule has 0 N–H and O–H groups in total. The molecule has 0 saturated heterocycles. The van der Waals surface area contributed by atoms with E-state index in [1.807, 2.05) is 6.92 Å². The molecule has 8 nitrogen and oxygen atoms in total. The highest BCUT2D eigenvalue weighted by molar-refractivity contribution is 7.99. The standard InChI is InChI=1S/C16H24N4O4S2/c1-4-7-10-24-15(21)12-25-16-18-17-14-9-8-13(11-20(14)16)26(22,23)19(5-2)6-3/h8-9,11H,4-7,10,12H2,1-3H3. The molecule has 2 rings (SSSR count). The van der Waals surface area contributed by atoms with E-state index in [1.54, 1.807) is 24.3 Å². The molecular weight excluding hydrogens is 376 g/mol. The lowest BCUT2D eigenvalue weighted by atomic mass is 10.4. The second-order valence-electron chi connectivity index (χ2n) is 5.53. The van der Waals surface area contributed by atoms with Gasteiger partial charge >= 0.3 is 5.97 Å². The topological polar surface area (TPSA) is 93.9 Å². The minimum atomic E-state index is -3.58. The normalized spacial score (nSPS) is 12.0. The molecule has 0 spiro atoms. The smallest absolute Gasteiger partial charge is 0.316 e. The van der Waals surface area contributed by atoms with E-state index in [0.29, 0.717) is 30.5 Å². The summed E-state index contributed by atoms with van der Waals surface area (Å²) >= 11 is 1.17. The minimum absolute atomic E-state index is 0.0948. The van der Waals surface area contributed by atoms with Gasteiger partial charge in [-0.3, -0.25) is 9.20 Å². The number of nitrogens with zero attached hydrogens (tertiary/aromatic N) is 4. The van der Waals surface area contributed by atoms with Crippen LogP contribution < -0.4 is 0 Å². The van der Waals surface area contributed by atoms with Crippen LogP contribution in [0.5, 0.6) is 0 Å². The molecule has 2 heterocycles. The summed E-state index contributed by atoms with van der Waals surface area (Å²) in [4.78, 5) is 11.9. The van der Waals surface area contributed by atoms with E-state index < -0.39 is 10.0 Å². The fourth-order valence-electron chi connectivity index (χ4n) is 2.31. The van der Waals surface area contributed by atoms with Gasteiger partial charge in [0.25, 0.3) is 0 Å². The molecule has 144 valence electrons. The van der Waals surface area contributed by atoms with Crippen LogP contribution in [0.15, 0.2) is 28.4 Å². The monoisotopic (exact) mass is 400 g/mol. The van der Waals surface area contributed by atoms with Crippen molar-refractivity contribution in [3.63, 3.8) is 0 Å². The number of unbranched alkanes of at least 4 members (excludes halogenated alkanes) is 1. The number of sulfonamides is 1. The van der Waals surface area contributed by atoms with Gasteiger partial charge in [-0.25, -0.2) is 8.42 Å². The third-order valence-corrected chi connectivity index (χ3v) is 6.72. The average molecular weight is 401 g/mol. The van der Waals surface area contributed by atoms with Crippen molar-refractivity contribution >= 4 is 33.4 Å².